The zero-order valence-electron chi connectivity index (χ0n) is 10.0. The van der Waals surface area contributed by atoms with E-state index in [0.717, 1.165) is 0 Å². The van der Waals surface area contributed by atoms with Gasteiger partial charge in [0.05, 0.1) is 21.1 Å². The molecule has 0 spiro atoms. The molecule has 0 aromatic carbocycles. The Balaban J connectivity index is 2.73. The van der Waals surface area contributed by atoms with E-state index in [1.165, 1.54) is 25.4 Å². The summed E-state index contributed by atoms with van der Waals surface area (Å²) in [6, 6.07) is 3.50. The van der Waals surface area contributed by atoms with Gasteiger partial charge in [-0.2, -0.15) is 0 Å². The third-order valence-electron chi connectivity index (χ3n) is 2.26. The first-order valence-electron chi connectivity index (χ1n) is 5.22. The number of alkyl halides is 2. The van der Waals surface area contributed by atoms with E-state index in [4.69, 9.17) is 27.9 Å². The lowest BCUT2D eigenvalue weighted by Crippen LogP contribution is -2.28. The van der Waals surface area contributed by atoms with Gasteiger partial charge in [-0.25, -0.2) is 0 Å². The Bertz CT molecular complexity index is 418. The molecule has 0 saturated heterocycles. The van der Waals surface area contributed by atoms with Crippen molar-refractivity contribution in [3.05, 3.63) is 17.5 Å². The highest BCUT2D eigenvalue weighted by molar-refractivity contribution is 7.91. The van der Waals surface area contributed by atoms with Crippen LogP contribution in [-0.2, 0) is 20.3 Å². The van der Waals surface area contributed by atoms with Crippen LogP contribution in [0.1, 0.15) is 19.8 Å². The third-order valence-corrected chi connectivity index (χ3v) is 6.03. The molecule has 0 saturated carbocycles. The fraction of sp³-hybridized carbons (Fsp3) is 0.545. The number of hydrogen-bond donors (Lipinski definition) is 0. The van der Waals surface area contributed by atoms with Crippen LogP contribution in [-0.4, -0.2) is 26.9 Å². The summed E-state index contributed by atoms with van der Waals surface area (Å²) in [5, 5.41) is 1.81. The summed E-state index contributed by atoms with van der Waals surface area (Å²) in [5.74, 6) is -0.0205. The van der Waals surface area contributed by atoms with Crippen molar-refractivity contribution in [3.8, 4) is 0 Å². The minimum atomic E-state index is -1.54. The highest BCUT2D eigenvalue weighted by Gasteiger charge is 2.36. The Labute approximate surface area is 123 Å². The smallest absolute Gasteiger partial charge is 0.199 e. The summed E-state index contributed by atoms with van der Waals surface area (Å²) in [5.41, 5.74) is 0. The zero-order valence-corrected chi connectivity index (χ0v) is 13.2. The predicted molar refractivity (Wildman–Crippen MR) is 75.9 cm³/mol. The number of ketones is 1. The molecule has 2 atom stereocenters. The molecule has 1 heterocycles. The van der Waals surface area contributed by atoms with Gasteiger partial charge in [-0.05, 0) is 18.4 Å². The van der Waals surface area contributed by atoms with Crippen LogP contribution in [0.3, 0.4) is 0 Å². The van der Waals surface area contributed by atoms with Crippen LogP contribution in [0.15, 0.2) is 21.7 Å². The molecule has 1 aromatic heterocycles. The molecular weight excluding hydrogens is 315 g/mol. The topological polar surface area (TPSA) is 43.4 Å². The molecule has 0 radical (unpaired) electrons. The Kier molecular flexibility index (Phi) is 6.27. The fourth-order valence-corrected chi connectivity index (χ4v) is 4.76. The van der Waals surface area contributed by atoms with Crippen LogP contribution in [0.2, 0.25) is 0 Å². The lowest BCUT2D eigenvalue weighted by atomic mass is 10.1. The maximum Gasteiger partial charge on any atom is 0.199 e. The third kappa shape index (κ3) is 4.63. The van der Waals surface area contributed by atoms with Crippen molar-refractivity contribution in [3.63, 3.8) is 0 Å². The Morgan fingerprint density at radius 2 is 2.28 bits per heavy atom. The average molecular weight is 329 g/mol. The van der Waals surface area contributed by atoms with Crippen molar-refractivity contribution in [1.82, 2.24) is 0 Å². The first kappa shape index (κ1) is 16.1. The van der Waals surface area contributed by atoms with E-state index in [0.29, 0.717) is 4.21 Å². The first-order chi connectivity index (χ1) is 8.36. The van der Waals surface area contributed by atoms with E-state index < -0.39 is 20.6 Å². The number of rotatable bonds is 7. The average Bonchev–Trinajstić information content (AvgIpc) is 2.79. The van der Waals surface area contributed by atoms with Crippen molar-refractivity contribution >= 4 is 51.1 Å². The SMILES string of the molecule is COC(CC(C)=O)CC(Cl)(Cl)S(=O)c1cccs1. The number of hydrogen-bond acceptors (Lipinski definition) is 4. The van der Waals surface area contributed by atoms with Crippen molar-refractivity contribution in [2.24, 2.45) is 0 Å². The largest absolute Gasteiger partial charge is 0.381 e. The van der Waals surface area contributed by atoms with Crippen LogP contribution in [0.25, 0.3) is 0 Å². The van der Waals surface area contributed by atoms with Crippen molar-refractivity contribution in [1.29, 1.82) is 0 Å². The Hall–Kier alpha value is 0.0600. The summed E-state index contributed by atoms with van der Waals surface area (Å²) >= 11 is 13.6. The molecule has 2 unspecified atom stereocenters. The van der Waals surface area contributed by atoms with Gasteiger partial charge in [0.15, 0.2) is 3.67 Å². The molecule has 3 nitrogen and oxygen atoms in total. The molecular formula is C11H14Cl2O3S2. The van der Waals surface area contributed by atoms with Crippen molar-refractivity contribution < 1.29 is 13.7 Å². The minimum absolute atomic E-state index is 0.0205. The standard InChI is InChI=1S/C11H14Cl2O3S2/c1-8(14)6-9(16-2)7-11(12,13)18(15)10-4-3-5-17-10/h3-5,9H,6-7H2,1-2H3. The molecule has 0 N–H and O–H groups in total. The maximum atomic E-state index is 12.2. The molecule has 18 heavy (non-hydrogen) atoms. The molecule has 0 amide bonds. The van der Waals surface area contributed by atoms with E-state index in [2.05, 4.69) is 0 Å². The second kappa shape index (κ2) is 7.01. The van der Waals surface area contributed by atoms with E-state index in [1.807, 2.05) is 0 Å². The lowest BCUT2D eigenvalue weighted by molar-refractivity contribution is -0.119. The van der Waals surface area contributed by atoms with Gasteiger partial charge in [-0.3, -0.25) is 9.00 Å². The molecule has 1 rings (SSSR count). The van der Waals surface area contributed by atoms with Crippen LogP contribution < -0.4 is 0 Å². The van der Waals surface area contributed by atoms with Crippen molar-refractivity contribution in [2.75, 3.05) is 7.11 Å². The van der Waals surface area contributed by atoms with Crippen molar-refractivity contribution in [2.45, 2.75) is 33.7 Å². The van der Waals surface area contributed by atoms with Gasteiger partial charge in [-0.1, -0.05) is 29.3 Å². The van der Waals surface area contributed by atoms with Gasteiger partial charge in [0.2, 0.25) is 0 Å². The summed E-state index contributed by atoms with van der Waals surface area (Å²) in [7, 11) is -0.0639. The van der Waals surface area contributed by atoms with Crippen LogP contribution in [0.5, 0.6) is 0 Å². The lowest BCUT2D eigenvalue weighted by Gasteiger charge is -2.23. The number of carbonyl (C=O) groups excluding carboxylic acids is 1. The molecule has 0 bridgehead atoms. The van der Waals surface area contributed by atoms with Gasteiger partial charge < -0.3 is 4.74 Å². The molecule has 0 aliphatic carbocycles. The number of methoxy groups -OCH3 is 1. The van der Waals surface area contributed by atoms with E-state index in [-0.39, 0.29) is 18.6 Å². The number of carbonyl (C=O) groups is 1. The van der Waals surface area contributed by atoms with Gasteiger partial charge in [0.1, 0.15) is 5.78 Å². The molecule has 102 valence electrons. The van der Waals surface area contributed by atoms with Gasteiger partial charge in [-0.15, -0.1) is 11.3 Å². The highest BCUT2D eigenvalue weighted by Crippen LogP contribution is 2.37. The second-order valence-electron chi connectivity index (χ2n) is 3.81. The fourth-order valence-electron chi connectivity index (χ4n) is 1.42. The van der Waals surface area contributed by atoms with Crippen LogP contribution in [0, 0.1) is 0 Å². The van der Waals surface area contributed by atoms with Gasteiger partial charge >= 0.3 is 0 Å². The number of thiophene rings is 1. The quantitative estimate of drug-likeness (QED) is 0.721. The summed E-state index contributed by atoms with van der Waals surface area (Å²) in [6.45, 7) is 1.46. The highest BCUT2D eigenvalue weighted by atomic mass is 35.5. The zero-order chi connectivity index (χ0) is 13.8. The Morgan fingerprint density at radius 3 is 2.72 bits per heavy atom. The number of ether oxygens (including phenoxy) is 1. The summed E-state index contributed by atoms with van der Waals surface area (Å²) in [6.07, 6.45) is -0.0860. The van der Waals surface area contributed by atoms with E-state index in [1.54, 1.807) is 17.5 Å². The summed E-state index contributed by atoms with van der Waals surface area (Å²) < 4.78 is 16.5. The monoisotopic (exact) mass is 328 g/mol. The summed E-state index contributed by atoms with van der Waals surface area (Å²) in [4.78, 5) is 11.1. The number of Topliss-reactive ketones (excluding diaryl/α,β-unsaturated/α-hetero) is 1. The molecule has 0 aliphatic heterocycles. The van der Waals surface area contributed by atoms with Gasteiger partial charge in [0.25, 0.3) is 0 Å². The van der Waals surface area contributed by atoms with E-state index >= 15 is 0 Å². The number of halogens is 2. The molecule has 0 aliphatic rings. The van der Waals surface area contributed by atoms with Crippen LogP contribution >= 0.6 is 34.5 Å². The normalized spacial score (nSPS) is 15.3. The predicted octanol–water partition coefficient (Wildman–Crippen LogP) is 3.37. The maximum absolute atomic E-state index is 12.2. The van der Waals surface area contributed by atoms with Crippen LogP contribution in [0.4, 0.5) is 0 Å². The first-order valence-corrected chi connectivity index (χ1v) is 8.01. The van der Waals surface area contributed by atoms with Gasteiger partial charge in [0, 0.05) is 20.0 Å². The molecule has 0 fully saturated rings. The van der Waals surface area contributed by atoms with E-state index in [9.17, 15) is 9.00 Å². The molecule has 7 heteroatoms. The molecule has 1 aromatic rings. The Morgan fingerprint density at radius 1 is 1.61 bits per heavy atom. The minimum Gasteiger partial charge on any atom is -0.381 e. The second-order valence-corrected chi connectivity index (χ2v) is 8.62.